The molecule has 1 aromatic rings. The maximum atomic E-state index is 12.3. The smallest absolute Gasteiger partial charge is 0.334 e. The molecular formula is C16H19IN2O6S2. The molecule has 2 atom stereocenters. The third-order valence-electron chi connectivity index (χ3n) is 2.92. The Kier molecular flexibility index (Phi) is 10.5. The number of rotatable bonds is 10. The summed E-state index contributed by atoms with van der Waals surface area (Å²) in [4.78, 5) is 45.7. The lowest BCUT2D eigenvalue weighted by atomic mass is 10.3. The van der Waals surface area contributed by atoms with Crippen molar-refractivity contribution in [2.75, 3.05) is 11.5 Å². The molecule has 3 N–H and O–H groups in total. The molecule has 0 aliphatic rings. The first-order valence-corrected chi connectivity index (χ1v) is 11.2. The lowest BCUT2D eigenvalue weighted by Gasteiger charge is -2.17. The Morgan fingerprint density at radius 1 is 1.00 bits per heavy atom. The van der Waals surface area contributed by atoms with Gasteiger partial charge in [0, 0.05) is 28.9 Å². The van der Waals surface area contributed by atoms with Crippen molar-refractivity contribution in [3.63, 3.8) is 0 Å². The predicted molar refractivity (Wildman–Crippen MR) is 113 cm³/mol. The number of esters is 1. The maximum absolute atomic E-state index is 12.3. The molecule has 0 fully saturated rings. The van der Waals surface area contributed by atoms with Gasteiger partial charge in [-0.25, -0.2) is 9.59 Å². The van der Waals surface area contributed by atoms with Gasteiger partial charge in [0.2, 0.25) is 11.8 Å². The first kappa shape index (κ1) is 23.6. The zero-order valence-electron chi connectivity index (χ0n) is 14.6. The van der Waals surface area contributed by atoms with Gasteiger partial charge < -0.3 is 20.5 Å². The minimum atomic E-state index is -1.14. The zero-order chi connectivity index (χ0) is 20.4. The van der Waals surface area contributed by atoms with Crippen LogP contribution < -0.4 is 15.4 Å². The summed E-state index contributed by atoms with van der Waals surface area (Å²) in [7, 11) is 2.38. The number of hydrogen-bond donors (Lipinski definition) is 3. The highest BCUT2D eigenvalue weighted by molar-refractivity contribution is 14.1. The summed E-state index contributed by atoms with van der Waals surface area (Å²) in [5.41, 5.74) is 0. The average Bonchev–Trinajstić information content (AvgIpc) is 2.57. The summed E-state index contributed by atoms with van der Waals surface area (Å²) in [5, 5.41) is 13.9. The van der Waals surface area contributed by atoms with Gasteiger partial charge in [-0.1, -0.05) is 21.6 Å². The third-order valence-corrected chi connectivity index (χ3v) is 6.06. The van der Waals surface area contributed by atoms with Crippen LogP contribution in [0, 0.1) is 3.57 Å². The monoisotopic (exact) mass is 526 g/mol. The zero-order valence-corrected chi connectivity index (χ0v) is 18.4. The number of carboxylic acids is 1. The third kappa shape index (κ3) is 9.86. The van der Waals surface area contributed by atoms with Crippen molar-refractivity contribution < 1.29 is 29.0 Å². The molecule has 1 aromatic carbocycles. The summed E-state index contributed by atoms with van der Waals surface area (Å²) >= 11 is 2.13. The van der Waals surface area contributed by atoms with E-state index in [-0.39, 0.29) is 17.4 Å². The topological polar surface area (TPSA) is 122 Å². The highest BCUT2D eigenvalue weighted by Crippen LogP contribution is 2.24. The van der Waals surface area contributed by atoms with E-state index in [1.807, 2.05) is 0 Å². The van der Waals surface area contributed by atoms with Crippen LogP contribution in [0.3, 0.4) is 0 Å². The number of benzene rings is 1. The Labute approximate surface area is 178 Å². The standard InChI is InChI=1S/C16H19IN2O6S2/c1-9(20)18-13(15(22)23)7-26-27-8-14(19-10(2)21)16(24)25-12-5-3-11(17)4-6-12/h3-6,13-14H,7-8H2,1-2H3,(H,18,20)(H,19,21)(H,22,23). The first-order valence-electron chi connectivity index (χ1n) is 7.67. The molecule has 0 saturated heterocycles. The predicted octanol–water partition coefficient (Wildman–Crippen LogP) is 1.67. The molecule has 0 radical (unpaired) electrons. The Morgan fingerprint density at radius 3 is 1.96 bits per heavy atom. The molecule has 11 heteroatoms. The maximum Gasteiger partial charge on any atom is 0.334 e. The molecule has 2 amide bonds. The second-order valence-electron chi connectivity index (χ2n) is 5.29. The molecule has 8 nitrogen and oxygen atoms in total. The molecule has 0 spiro atoms. The van der Waals surface area contributed by atoms with Gasteiger partial charge >= 0.3 is 11.9 Å². The number of ether oxygens (including phenoxy) is 1. The van der Waals surface area contributed by atoms with Crippen LogP contribution in [0.2, 0.25) is 0 Å². The molecule has 0 bridgehead atoms. The number of hydrogen-bond acceptors (Lipinski definition) is 7. The summed E-state index contributed by atoms with van der Waals surface area (Å²) < 4.78 is 6.26. The van der Waals surface area contributed by atoms with Crippen LogP contribution in [0.1, 0.15) is 13.8 Å². The minimum absolute atomic E-state index is 0.110. The molecular weight excluding hydrogens is 507 g/mol. The van der Waals surface area contributed by atoms with Crippen molar-refractivity contribution in [3.8, 4) is 5.75 Å². The Balaban J connectivity index is 2.57. The summed E-state index contributed by atoms with van der Waals surface area (Å²) in [6.45, 7) is 2.53. The van der Waals surface area contributed by atoms with Crippen LogP contribution in [-0.2, 0) is 19.2 Å². The largest absolute Gasteiger partial charge is 0.480 e. The summed E-state index contributed by atoms with van der Waals surface area (Å²) in [6, 6.07) is 4.96. The van der Waals surface area contributed by atoms with Gasteiger partial charge in [-0.2, -0.15) is 0 Å². The lowest BCUT2D eigenvalue weighted by Crippen LogP contribution is -2.44. The number of nitrogens with one attached hydrogen (secondary N) is 2. The van der Waals surface area contributed by atoms with Crippen molar-refractivity contribution in [2.24, 2.45) is 0 Å². The van der Waals surface area contributed by atoms with Crippen molar-refractivity contribution in [2.45, 2.75) is 25.9 Å². The number of carbonyl (C=O) groups is 4. The van der Waals surface area contributed by atoms with E-state index in [2.05, 4.69) is 33.2 Å². The summed E-state index contributed by atoms with van der Waals surface area (Å²) in [5.74, 6) is -1.92. The van der Waals surface area contributed by atoms with Crippen molar-refractivity contribution in [3.05, 3.63) is 27.8 Å². The van der Waals surface area contributed by atoms with Gasteiger partial charge in [0.15, 0.2) is 0 Å². The van der Waals surface area contributed by atoms with Crippen LogP contribution in [0.5, 0.6) is 5.75 Å². The number of carboxylic acid groups (broad SMARTS) is 1. The van der Waals surface area contributed by atoms with E-state index in [4.69, 9.17) is 9.84 Å². The molecule has 0 aliphatic carbocycles. The van der Waals surface area contributed by atoms with Gasteiger partial charge in [-0.3, -0.25) is 9.59 Å². The van der Waals surface area contributed by atoms with Crippen LogP contribution >= 0.6 is 44.2 Å². The Morgan fingerprint density at radius 2 is 1.48 bits per heavy atom. The van der Waals surface area contributed by atoms with Crippen LogP contribution in [0.15, 0.2) is 24.3 Å². The second-order valence-corrected chi connectivity index (χ2v) is 9.09. The van der Waals surface area contributed by atoms with Gasteiger partial charge in [-0.15, -0.1) is 0 Å². The SMILES string of the molecule is CC(=O)NC(CSSCC(NC(C)=O)C(=O)Oc1ccc(I)cc1)C(=O)O. The Bertz CT molecular complexity index is 686. The fraction of sp³-hybridized carbons (Fsp3) is 0.375. The van der Waals surface area contributed by atoms with E-state index < -0.39 is 29.9 Å². The van der Waals surface area contributed by atoms with E-state index in [1.165, 1.54) is 35.4 Å². The van der Waals surface area contributed by atoms with E-state index in [9.17, 15) is 19.2 Å². The minimum Gasteiger partial charge on any atom is -0.480 e. The lowest BCUT2D eigenvalue weighted by molar-refractivity contribution is -0.140. The molecule has 0 aliphatic heterocycles. The van der Waals surface area contributed by atoms with Crippen molar-refractivity contribution in [1.82, 2.24) is 10.6 Å². The van der Waals surface area contributed by atoms with Crippen LogP contribution in [0.4, 0.5) is 0 Å². The average molecular weight is 526 g/mol. The van der Waals surface area contributed by atoms with Crippen LogP contribution in [0.25, 0.3) is 0 Å². The van der Waals surface area contributed by atoms with E-state index in [1.54, 1.807) is 24.3 Å². The fourth-order valence-corrected chi connectivity index (χ4v) is 4.42. The van der Waals surface area contributed by atoms with E-state index >= 15 is 0 Å². The van der Waals surface area contributed by atoms with Gasteiger partial charge in [0.1, 0.15) is 17.8 Å². The molecule has 0 saturated carbocycles. The quantitative estimate of drug-likeness (QED) is 0.139. The number of amides is 2. The molecule has 2 unspecified atom stereocenters. The number of carbonyl (C=O) groups excluding carboxylic acids is 3. The van der Waals surface area contributed by atoms with Gasteiger partial charge in [-0.05, 0) is 46.9 Å². The highest BCUT2D eigenvalue weighted by atomic mass is 127. The van der Waals surface area contributed by atoms with E-state index in [0.717, 1.165) is 3.57 Å². The molecule has 0 aromatic heterocycles. The molecule has 148 valence electrons. The summed E-state index contributed by atoms with van der Waals surface area (Å²) in [6.07, 6.45) is 0. The molecule has 0 heterocycles. The normalized spacial score (nSPS) is 12.6. The Hall–Kier alpha value is -1.47. The number of aliphatic carboxylic acids is 1. The van der Waals surface area contributed by atoms with E-state index in [0.29, 0.717) is 5.75 Å². The number of halogens is 1. The fourth-order valence-electron chi connectivity index (χ4n) is 1.76. The molecule has 1 rings (SSSR count). The van der Waals surface area contributed by atoms with Gasteiger partial charge in [0.05, 0.1) is 0 Å². The van der Waals surface area contributed by atoms with Crippen molar-refractivity contribution in [1.29, 1.82) is 0 Å². The van der Waals surface area contributed by atoms with Crippen molar-refractivity contribution >= 4 is 67.9 Å². The molecule has 27 heavy (non-hydrogen) atoms. The highest BCUT2D eigenvalue weighted by Gasteiger charge is 2.23. The van der Waals surface area contributed by atoms with Gasteiger partial charge in [0.25, 0.3) is 0 Å². The van der Waals surface area contributed by atoms with Crippen LogP contribution in [-0.4, -0.2) is 52.4 Å². The second kappa shape index (κ2) is 12.1. The first-order chi connectivity index (χ1) is 12.7.